The van der Waals surface area contributed by atoms with E-state index in [1.165, 1.54) is 10.8 Å². The summed E-state index contributed by atoms with van der Waals surface area (Å²) in [5.41, 5.74) is 5.14. The van der Waals surface area contributed by atoms with Gasteiger partial charge >= 0.3 is 0 Å². The maximum Gasteiger partial charge on any atom is 0.253 e. The molecule has 2 heterocycles. The molecule has 6 heteroatoms. The predicted octanol–water partition coefficient (Wildman–Crippen LogP) is 6.49. The SMILES string of the molecule is O=c1[nH]c2ccccc2cc1CNc1ccc(Nc2nccc(-c3ccc4ccccc4c3)n2)cc1. The number of para-hydroxylation sites is 1. The van der Waals surface area contributed by atoms with E-state index in [0.717, 1.165) is 33.5 Å². The number of H-pyrrole nitrogens is 1. The molecule has 2 aromatic heterocycles. The lowest BCUT2D eigenvalue weighted by molar-refractivity contribution is 1.09. The van der Waals surface area contributed by atoms with Crippen molar-refractivity contribution in [1.82, 2.24) is 15.0 Å². The molecule has 0 bridgehead atoms. The first-order valence-corrected chi connectivity index (χ1v) is 11.8. The zero-order valence-corrected chi connectivity index (χ0v) is 19.4. The fourth-order valence-electron chi connectivity index (χ4n) is 4.25. The molecule has 3 N–H and O–H groups in total. The van der Waals surface area contributed by atoms with Crippen LogP contribution in [0, 0.1) is 0 Å². The summed E-state index contributed by atoms with van der Waals surface area (Å²) in [6.45, 7) is 0.434. The minimum atomic E-state index is -0.0806. The molecule has 36 heavy (non-hydrogen) atoms. The minimum absolute atomic E-state index is 0.0806. The van der Waals surface area contributed by atoms with Gasteiger partial charge in [-0.3, -0.25) is 4.79 Å². The van der Waals surface area contributed by atoms with E-state index < -0.39 is 0 Å². The van der Waals surface area contributed by atoms with Crippen LogP contribution in [-0.2, 0) is 6.54 Å². The van der Waals surface area contributed by atoms with Crippen molar-refractivity contribution in [3.63, 3.8) is 0 Å². The van der Waals surface area contributed by atoms with Crippen LogP contribution in [0.15, 0.2) is 114 Å². The summed E-state index contributed by atoms with van der Waals surface area (Å²) >= 11 is 0. The quantitative estimate of drug-likeness (QED) is 0.260. The zero-order chi connectivity index (χ0) is 24.3. The molecule has 174 valence electrons. The highest BCUT2D eigenvalue weighted by atomic mass is 16.1. The molecule has 4 aromatic carbocycles. The summed E-state index contributed by atoms with van der Waals surface area (Å²) < 4.78 is 0. The molecule has 6 nitrogen and oxygen atoms in total. The number of aromatic nitrogens is 3. The van der Waals surface area contributed by atoms with Gasteiger partial charge in [0.1, 0.15) is 0 Å². The van der Waals surface area contributed by atoms with E-state index in [1.54, 1.807) is 6.20 Å². The van der Waals surface area contributed by atoms with Crippen molar-refractivity contribution in [2.45, 2.75) is 6.54 Å². The van der Waals surface area contributed by atoms with Crippen LogP contribution < -0.4 is 16.2 Å². The van der Waals surface area contributed by atoms with Gasteiger partial charge in [0, 0.05) is 40.8 Å². The number of benzene rings is 4. The first kappa shape index (κ1) is 21.6. The number of hydrogen-bond donors (Lipinski definition) is 3. The van der Waals surface area contributed by atoms with Gasteiger partial charge < -0.3 is 15.6 Å². The van der Waals surface area contributed by atoms with E-state index in [2.05, 4.69) is 50.9 Å². The molecule has 0 amide bonds. The van der Waals surface area contributed by atoms with Gasteiger partial charge in [-0.05, 0) is 64.7 Å². The second-order valence-corrected chi connectivity index (χ2v) is 8.59. The Morgan fingerprint density at radius 1 is 0.722 bits per heavy atom. The molecule has 0 fully saturated rings. The number of fused-ring (bicyclic) bond motifs is 2. The third-order valence-corrected chi connectivity index (χ3v) is 6.16. The number of nitrogens with one attached hydrogen (secondary N) is 3. The van der Waals surface area contributed by atoms with E-state index in [9.17, 15) is 4.79 Å². The van der Waals surface area contributed by atoms with Crippen LogP contribution in [-0.4, -0.2) is 15.0 Å². The standard InChI is InChI=1S/C30H23N5O/c36-29-24(18-22-7-3-4-8-27(22)34-29)19-32-25-11-13-26(14-12-25)33-30-31-16-15-28(35-30)23-10-9-20-5-1-2-6-21(20)17-23/h1-18,32H,19H2,(H,34,36)(H,31,33,35). The molecular formula is C30H23N5O. The topological polar surface area (TPSA) is 82.7 Å². The lowest BCUT2D eigenvalue weighted by Crippen LogP contribution is -2.15. The van der Waals surface area contributed by atoms with Gasteiger partial charge in [0.15, 0.2) is 0 Å². The molecule has 6 aromatic rings. The molecule has 0 saturated heterocycles. The van der Waals surface area contributed by atoms with E-state index in [1.807, 2.05) is 72.8 Å². The van der Waals surface area contributed by atoms with Gasteiger partial charge in [0.2, 0.25) is 5.95 Å². The Bertz CT molecular complexity index is 1740. The third kappa shape index (κ3) is 4.52. The molecule has 0 unspecified atom stereocenters. The molecule has 6 rings (SSSR count). The van der Waals surface area contributed by atoms with Crippen LogP contribution in [0.2, 0.25) is 0 Å². The van der Waals surface area contributed by atoms with Crippen molar-refractivity contribution in [3.05, 3.63) is 125 Å². The second kappa shape index (κ2) is 9.35. The molecule has 0 saturated carbocycles. The predicted molar refractivity (Wildman–Crippen MR) is 147 cm³/mol. The maximum absolute atomic E-state index is 12.4. The second-order valence-electron chi connectivity index (χ2n) is 8.59. The Hall–Kier alpha value is -4.97. The van der Waals surface area contributed by atoms with Crippen molar-refractivity contribution < 1.29 is 0 Å². The highest BCUT2D eigenvalue weighted by Crippen LogP contribution is 2.24. The monoisotopic (exact) mass is 469 g/mol. The van der Waals surface area contributed by atoms with Gasteiger partial charge in [-0.1, -0.05) is 54.6 Å². The zero-order valence-electron chi connectivity index (χ0n) is 19.4. The fourth-order valence-corrected chi connectivity index (χ4v) is 4.25. The molecule has 0 aliphatic carbocycles. The summed E-state index contributed by atoms with van der Waals surface area (Å²) in [5.74, 6) is 0.532. The summed E-state index contributed by atoms with van der Waals surface area (Å²) in [5, 5.41) is 9.99. The van der Waals surface area contributed by atoms with Gasteiger partial charge in [-0.25, -0.2) is 9.97 Å². The maximum atomic E-state index is 12.4. The number of rotatable bonds is 6. The Morgan fingerprint density at radius 2 is 1.47 bits per heavy atom. The Labute approximate surface area is 207 Å². The highest BCUT2D eigenvalue weighted by molar-refractivity contribution is 5.86. The Morgan fingerprint density at radius 3 is 2.33 bits per heavy atom. The van der Waals surface area contributed by atoms with Gasteiger partial charge in [-0.2, -0.15) is 0 Å². The van der Waals surface area contributed by atoms with Crippen LogP contribution in [0.4, 0.5) is 17.3 Å². The lowest BCUT2D eigenvalue weighted by Gasteiger charge is -2.10. The van der Waals surface area contributed by atoms with Crippen LogP contribution in [0.25, 0.3) is 32.9 Å². The Kier molecular flexibility index (Phi) is 5.60. The van der Waals surface area contributed by atoms with Gasteiger partial charge in [-0.15, -0.1) is 0 Å². The molecule has 0 spiro atoms. The summed E-state index contributed by atoms with van der Waals surface area (Å²) in [7, 11) is 0. The van der Waals surface area contributed by atoms with E-state index >= 15 is 0 Å². The van der Waals surface area contributed by atoms with Crippen LogP contribution in [0.3, 0.4) is 0 Å². The van der Waals surface area contributed by atoms with Crippen molar-refractivity contribution >= 4 is 39.0 Å². The van der Waals surface area contributed by atoms with Crippen molar-refractivity contribution in [2.75, 3.05) is 10.6 Å². The van der Waals surface area contributed by atoms with Gasteiger partial charge in [0.25, 0.3) is 5.56 Å². The highest BCUT2D eigenvalue weighted by Gasteiger charge is 2.06. The van der Waals surface area contributed by atoms with Gasteiger partial charge in [0.05, 0.1) is 5.69 Å². The summed E-state index contributed by atoms with van der Waals surface area (Å²) in [6.07, 6.45) is 1.76. The first-order valence-electron chi connectivity index (χ1n) is 11.8. The summed E-state index contributed by atoms with van der Waals surface area (Å²) in [4.78, 5) is 24.4. The minimum Gasteiger partial charge on any atom is -0.381 e. The molecule has 0 atom stereocenters. The van der Waals surface area contributed by atoms with Crippen LogP contribution >= 0.6 is 0 Å². The third-order valence-electron chi connectivity index (χ3n) is 6.16. The van der Waals surface area contributed by atoms with E-state index in [0.29, 0.717) is 18.1 Å². The molecule has 0 aliphatic heterocycles. The number of nitrogens with zero attached hydrogens (tertiary/aromatic N) is 2. The largest absolute Gasteiger partial charge is 0.381 e. The normalized spacial score (nSPS) is 11.0. The fraction of sp³-hybridized carbons (Fsp3) is 0.0333. The van der Waals surface area contributed by atoms with Crippen molar-refractivity contribution in [3.8, 4) is 11.3 Å². The molecular weight excluding hydrogens is 446 g/mol. The van der Waals surface area contributed by atoms with Crippen LogP contribution in [0.5, 0.6) is 0 Å². The molecule has 0 aliphatic rings. The molecule has 0 radical (unpaired) electrons. The smallest absolute Gasteiger partial charge is 0.253 e. The van der Waals surface area contributed by atoms with E-state index in [-0.39, 0.29) is 5.56 Å². The van der Waals surface area contributed by atoms with Crippen LogP contribution in [0.1, 0.15) is 5.56 Å². The summed E-state index contributed by atoms with van der Waals surface area (Å²) in [6, 6.07) is 34.1. The first-order chi connectivity index (χ1) is 17.7. The number of anilines is 3. The van der Waals surface area contributed by atoms with E-state index in [4.69, 9.17) is 4.98 Å². The average Bonchev–Trinajstić information content (AvgIpc) is 2.92. The van der Waals surface area contributed by atoms with Crippen molar-refractivity contribution in [1.29, 1.82) is 0 Å². The number of aromatic amines is 1. The number of hydrogen-bond acceptors (Lipinski definition) is 5. The lowest BCUT2D eigenvalue weighted by atomic mass is 10.1. The Balaban J connectivity index is 1.15. The average molecular weight is 470 g/mol. The van der Waals surface area contributed by atoms with Crippen molar-refractivity contribution in [2.24, 2.45) is 0 Å². The number of pyridine rings is 1.